The molecule has 0 saturated heterocycles. The Morgan fingerprint density at radius 2 is 2.04 bits per heavy atom. The molecule has 0 aromatic heterocycles. The SMILES string of the molecule is CCOC(=O)Cc1ccc2c(c1)CC(CC=O)N2C(=O)OC(C)(C)C. The second kappa shape index (κ2) is 7.68. The van der Waals surface area contributed by atoms with Crippen LogP contribution in [0.2, 0.25) is 0 Å². The van der Waals surface area contributed by atoms with Crippen molar-refractivity contribution in [3.63, 3.8) is 0 Å². The molecular formula is C19H25NO5. The average molecular weight is 347 g/mol. The number of hydrogen-bond donors (Lipinski definition) is 0. The molecular weight excluding hydrogens is 322 g/mol. The molecule has 0 spiro atoms. The Balaban J connectivity index is 2.25. The van der Waals surface area contributed by atoms with Crippen LogP contribution < -0.4 is 4.90 Å². The Morgan fingerprint density at radius 3 is 2.64 bits per heavy atom. The number of anilines is 1. The van der Waals surface area contributed by atoms with Gasteiger partial charge in [-0.05, 0) is 51.3 Å². The van der Waals surface area contributed by atoms with E-state index >= 15 is 0 Å². The van der Waals surface area contributed by atoms with Crippen LogP contribution in [-0.4, -0.2) is 36.6 Å². The quantitative estimate of drug-likeness (QED) is 0.605. The van der Waals surface area contributed by atoms with Crippen molar-refractivity contribution in [2.45, 2.75) is 58.6 Å². The van der Waals surface area contributed by atoms with E-state index in [-0.39, 0.29) is 24.9 Å². The molecule has 25 heavy (non-hydrogen) atoms. The minimum Gasteiger partial charge on any atom is -0.466 e. The molecule has 0 aliphatic carbocycles. The van der Waals surface area contributed by atoms with Crippen LogP contribution in [0.25, 0.3) is 0 Å². The summed E-state index contributed by atoms with van der Waals surface area (Å²) >= 11 is 0. The molecule has 1 amide bonds. The van der Waals surface area contributed by atoms with Crippen LogP contribution in [0.15, 0.2) is 18.2 Å². The number of hydrogen-bond acceptors (Lipinski definition) is 5. The number of benzene rings is 1. The monoisotopic (exact) mass is 347 g/mol. The molecule has 1 aromatic rings. The fraction of sp³-hybridized carbons (Fsp3) is 0.526. The van der Waals surface area contributed by atoms with Crippen molar-refractivity contribution in [2.24, 2.45) is 0 Å². The maximum absolute atomic E-state index is 12.6. The van der Waals surface area contributed by atoms with Crippen LogP contribution in [0.4, 0.5) is 10.5 Å². The second-order valence-corrected chi connectivity index (χ2v) is 7.06. The van der Waals surface area contributed by atoms with Gasteiger partial charge in [0, 0.05) is 6.42 Å². The summed E-state index contributed by atoms with van der Waals surface area (Å²) in [6, 6.07) is 5.24. The Labute approximate surface area is 148 Å². The highest BCUT2D eigenvalue weighted by Crippen LogP contribution is 2.35. The largest absolute Gasteiger partial charge is 0.466 e. The topological polar surface area (TPSA) is 72.9 Å². The number of rotatable bonds is 5. The molecule has 1 heterocycles. The number of aldehydes is 1. The Bertz CT molecular complexity index is 662. The molecule has 0 N–H and O–H groups in total. The predicted molar refractivity (Wildman–Crippen MR) is 93.7 cm³/mol. The highest BCUT2D eigenvalue weighted by molar-refractivity contribution is 5.92. The maximum atomic E-state index is 12.6. The van der Waals surface area contributed by atoms with E-state index in [1.54, 1.807) is 44.7 Å². The van der Waals surface area contributed by atoms with Crippen LogP contribution in [-0.2, 0) is 31.9 Å². The first-order valence-electron chi connectivity index (χ1n) is 8.48. The van der Waals surface area contributed by atoms with Gasteiger partial charge in [0.25, 0.3) is 0 Å². The fourth-order valence-corrected chi connectivity index (χ4v) is 2.93. The lowest BCUT2D eigenvalue weighted by Gasteiger charge is -2.28. The summed E-state index contributed by atoms with van der Waals surface area (Å²) in [4.78, 5) is 36.8. The Hall–Kier alpha value is -2.37. The van der Waals surface area contributed by atoms with Crippen molar-refractivity contribution in [1.82, 2.24) is 0 Å². The average Bonchev–Trinajstić information content (AvgIpc) is 2.83. The molecule has 2 rings (SSSR count). The van der Waals surface area contributed by atoms with E-state index in [2.05, 4.69) is 0 Å². The molecule has 6 nitrogen and oxygen atoms in total. The van der Waals surface area contributed by atoms with Crippen molar-refractivity contribution in [1.29, 1.82) is 0 Å². The molecule has 136 valence electrons. The van der Waals surface area contributed by atoms with Gasteiger partial charge in [0.2, 0.25) is 0 Å². The van der Waals surface area contributed by atoms with Gasteiger partial charge in [0.15, 0.2) is 0 Å². The minimum absolute atomic E-state index is 0.186. The first-order valence-corrected chi connectivity index (χ1v) is 8.48. The van der Waals surface area contributed by atoms with Crippen LogP contribution in [0, 0.1) is 0 Å². The summed E-state index contributed by atoms with van der Waals surface area (Å²) in [7, 11) is 0. The van der Waals surface area contributed by atoms with E-state index in [1.165, 1.54) is 0 Å². The maximum Gasteiger partial charge on any atom is 0.415 e. The summed E-state index contributed by atoms with van der Waals surface area (Å²) in [6.45, 7) is 7.53. The molecule has 1 aliphatic heterocycles. The van der Waals surface area contributed by atoms with Crippen molar-refractivity contribution in [3.05, 3.63) is 29.3 Å². The van der Waals surface area contributed by atoms with Gasteiger partial charge in [-0.1, -0.05) is 12.1 Å². The molecule has 1 aromatic carbocycles. The zero-order valence-electron chi connectivity index (χ0n) is 15.2. The zero-order chi connectivity index (χ0) is 18.6. The molecule has 0 saturated carbocycles. The molecule has 6 heteroatoms. The molecule has 0 fully saturated rings. The van der Waals surface area contributed by atoms with Crippen LogP contribution >= 0.6 is 0 Å². The number of ether oxygens (including phenoxy) is 2. The van der Waals surface area contributed by atoms with E-state index in [0.717, 1.165) is 23.1 Å². The highest BCUT2D eigenvalue weighted by atomic mass is 16.6. The van der Waals surface area contributed by atoms with Gasteiger partial charge in [0.1, 0.15) is 11.9 Å². The number of amides is 1. The van der Waals surface area contributed by atoms with Crippen LogP contribution in [0.5, 0.6) is 0 Å². The summed E-state index contributed by atoms with van der Waals surface area (Å²) in [5.41, 5.74) is 1.87. The summed E-state index contributed by atoms with van der Waals surface area (Å²) < 4.78 is 10.4. The van der Waals surface area contributed by atoms with Crippen molar-refractivity contribution >= 4 is 24.0 Å². The van der Waals surface area contributed by atoms with E-state index < -0.39 is 11.7 Å². The van der Waals surface area contributed by atoms with Gasteiger partial charge in [-0.15, -0.1) is 0 Å². The number of carbonyl (C=O) groups excluding carboxylic acids is 3. The molecule has 0 radical (unpaired) electrons. The normalized spacial score (nSPS) is 16.3. The van der Waals surface area contributed by atoms with Crippen LogP contribution in [0.1, 0.15) is 45.2 Å². The molecule has 1 aliphatic rings. The first-order chi connectivity index (χ1) is 11.7. The van der Waals surface area contributed by atoms with E-state index in [1.807, 2.05) is 6.07 Å². The van der Waals surface area contributed by atoms with Crippen molar-refractivity contribution in [3.8, 4) is 0 Å². The lowest BCUT2D eigenvalue weighted by atomic mass is 10.0. The van der Waals surface area contributed by atoms with Crippen molar-refractivity contribution in [2.75, 3.05) is 11.5 Å². The summed E-state index contributed by atoms with van der Waals surface area (Å²) in [6.07, 6.45) is 1.33. The number of nitrogens with zero attached hydrogens (tertiary/aromatic N) is 1. The number of esters is 1. The van der Waals surface area contributed by atoms with E-state index in [9.17, 15) is 14.4 Å². The van der Waals surface area contributed by atoms with Gasteiger partial charge >= 0.3 is 12.1 Å². The third kappa shape index (κ3) is 4.81. The number of carbonyl (C=O) groups is 3. The zero-order valence-corrected chi connectivity index (χ0v) is 15.2. The van der Waals surface area contributed by atoms with Crippen LogP contribution in [0.3, 0.4) is 0 Å². The Morgan fingerprint density at radius 1 is 1.32 bits per heavy atom. The number of fused-ring (bicyclic) bond motifs is 1. The summed E-state index contributed by atoms with van der Waals surface area (Å²) in [5, 5.41) is 0. The standard InChI is InChI=1S/C19H25NO5/c1-5-24-17(22)11-13-6-7-16-14(10-13)12-15(8-9-21)20(16)18(23)25-19(2,3)4/h6-7,9-10,15H,5,8,11-12H2,1-4H3. The first kappa shape index (κ1) is 19.0. The third-order valence-electron chi connectivity index (χ3n) is 3.84. The third-order valence-corrected chi connectivity index (χ3v) is 3.84. The summed E-state index contributed by atoms with van der Waals surface area (Å²) in [5.74, 6) is -0.283. The van der Waals surface area contributed by atoms with Gasteiger partial charge < -0.3 is 14.3 Å². The second-order valence-electron chi connectivity index (χ2n) is 7.06. The molecule has 1 unspecified atom stereocenters. The lowest BCUT2D eigenvalue weighted by molar-refractivity contribution is -0.142. The minimum atomic E-state index is -0.616. The van der Waals surface area contributed by atoms with Gasteiger partial charge in [-0.2, -0.15) is 0 Å². The highest BCUT2D eigenvalue weighted by Gasteiger charge is 2.36. The van der Waals surface area contributed by atoms with Gasteiger partial charge in [-0.25, -0.2) is 4.79 Å². The van der Waals surface area contributed by atoms with Gasteiger partial charge in [-0.3, -0.25) is 9.69 Å². The van der Waals surface area contributed by atoms with E-state index in [0.29, 0.717) is 13.0 Å². The molecule has 0 bridgehead atoms. The predicted octanol–water partition coefficient (Wildman–Crippen LogP) is 3.05. The van der Waals surface area contributed by atoms with Gasteiger partial charge in [0.05, 0.1) is 24.8 Å². The molecule has 1 atom stereocenters. The fourth-order valence-electron chi connectivity index (χ4n) is 2.93. The van der Waals surface area contributed by atoms with E-state index in [4.69, 9.17) is 9.47 Å². The lowest BCUT2D eigenvalue weighted by Crippen LogP contribution is -2.41. The van der Waals surface area contributed by atoms with Crippen molar-refractivity contribution < 1.29 is 23.9 Å². The smallest absolute Gasteiger partial charge is 0.415 e. The Kier molecular flexibility index (Phi) is 5.82.